The number of rotatable bonds is 4. The van der Waals surface area contributed by atoms with Crippen LogP contribution in [0.15, 0.2) is 10.6 Å². The minimum atomic E-state index is -0.458. The molecule has 0 saturated heterocycles. The van der Waals surface area contributed by atoms with Crippen LogP contribution in [-0.4, -0.2) is 23.4 Å². The third-order valence-corrected chi connectivity index (χ3v) is 2.58. The molecule has 1 rings (SSSR count). The molecular formula is C13H20N2O3. The van der Waals surface area contributed by atoms with E-state index >= 15 is 0 Å². The first-order chi connectivity index (χ1) is 8.21. The van der Waals surface area contributed by atoms with E-state index in [4.69, 9.17) is 4.52 Å². The molecule has 0 aliphatic heterocycles. The Labute approximate surface area is 107 Å². The van der Waals surface area contributed by atoms with Gasteiger partial charge in [-0.3, -0.25) is 9.59 Å². The van der Waals surface area contributed by atoms with Gasteiger partial charge in [-0.05, 0) is 0 Å². The molecule has 100 valence electrons. The molecule has 18 heavy (non-hydrogen) atoms. The summed E-state index contributed by atoms with van der Waals surface area (Å²) in [7, 11) is 0. The minimum absolute atomic E-state index is 0.00616. The molecule has 0 aromatic carbocycles. The molecule has 1 heterocycles. The summed E-state index contributed by atoms with van der Waals surface area (Å²) in [6, 6.07) is 1.60. The van der Waals surface area contributed by atoms with Crippen molar-refractivity contribution in [2.45, 2.75) is 40.5 Å². The Kier molecular flexibility index (Phi) is 4.27. The minimum Gasteiger partial charge on any atom is -0.360 e. The number of amides is 1. The Morgan fingerprint density at radius 3 is 2.44 bits per heavy atom. The number of nitrogens with zero attached hydrogens (tertiary/aromatic N) is 1. The lowest BCUT2D eigenvalue weighted by molar-refractivity contribution is -0.125. The Hall–Kier alpha value is -1.65. The van der Waals surface area contributed by atoms with Gasteiger partial charge in [-0.25, -0.2) is 0 Å². The number of carbonyl (C=O) groups is 2. The summed E-state index contributed by atoms with van der Waals surface area (Å²) in [6.45, 7) is 9.35. The molecule has 0 saturated carbocycles. The highest BCUT2D eigenvalue weighted by Crippen LogP contribution is 2.15. The van der Waals surface area contributed by atoms with E-state index < -0.39 is 5.41 Å². The SMILES string of the molecule is CC(C)c1cc(C(=O)NCC(=O)C(C)(C)C)no1. The zero-order valence-electron chi connectivity index (χ0n) is 11.5. The van der Waals surface area contributed by atoms with Crippen LogP contribution in [0.3, 0.4) is 0 Å². The summed E-state index contributed by atoms with van der Waals surface area (Å²) < 4.78 is 5.03. The Morgan fingerprint density at radius 2 is 2.00 bits per heavy atom. The molecule has 1 amide bonds. The lowest BCUT2D eigenvalue weighted by atomic mass is 9.91. The molecule has 0 unspecified atom stereocenters. The van der Waals surface area contributed by atoms with E-state index in [2.05, 4.69) is 10.5 Å². The molecule has 5 heteroatoms. The Bertz CT molecular complexity index is 441. The molecule has 0 aliphatic rings. The number of hydrogen-bond acceptors (Lipinski definition) is 4. The van der Waals surface area contributed by atoms with E-state index in [1.807, 2.05) is 34.6 Å². The summed E-state index contributed by atoms with van der Waals surface area (Å²) in [5, 5.41) is 6.23. The molecule has 1 aromatic heterocycles. The first-order valence-electron chi connectivity index (χ1n) is 6.00. The predicted molar refractivity (Wildman–Crippen MR) is 67.4 cm³/mol. The highest BCUT2D eigenvalue weighted by atomic mass is 16.5. The van der Waals surface area contributed by atoms with Crippen molar-refractivity contribution in [3.63, 3.8) is 0 Å². The van der Waals surface area contributed by atoms with Gasteiger partial charge in [-0.1, -0.05) is 39.8 Å². The van der Waals surface area contributed by atoms with Crippen molar-refractivity contribution < 1.29 is 14.1 Å². The van der Waals surface area contributed by atoms with Crippen LogP contribution in [0.2, 0.25) is 0 Å². The van der Waals surface area contributed by atoms with Gasteiger partial charge in [0.25, 0.3) is 5.91 Å². The molecule has 0 radical (unpaired) electrons. The molecule has 5 nitrogen and oxygen atoms in total. The van der Waals surface area contributed by atoms with E-state index in [9.17, 15) is 9.59 Å². The Balaban J connectivity index is 2.58. The number of nitrogens with one attached hydrogen (secondary N) is 1. The zero-order chi connectivity index (χ0) is 13.9. The van der Waals surface area contributed by atoms with Crippen molar-refractivity contribution in [2.75, 3.05) is 6.54 Å². The molecule has 0 fully saturated rings. The summed E-state index contributed by atoms with van der Waals surface area (Å²) in [5.41, 5.74) is -0.249. The second-order valence-electron chi connectivity index (χ2n) is 5.63. The number of Topliss-reactive ketones (excluding diaryl/α,β-unsaturated/α-hetero) is 1. The van der Waals surface area contributed by atoms with E-state index in [0.717, 1.165) is 0 Å². The fourth-order valence-corrected chi connectivity index (χ4v) is 1.18. The summed E-state index contributed by atoms with van der Waals surface area (Å²) in [4.78, 5) is 23.4. The molecule has 0 spiro atoms. The summed E-state index contributed by atoms with van der Waals surface area (Å²) in [6.07, 6.45) is 0. The van der Waals surface area contributed by atoms with Crippen molar-refractivity contribution in [3.8, 4) is 0 Å². The maximum absolute atomic E-state index is 11.7. The van der Waals surface area contributed by atoms with E-state index in [-0.39, 0.29) is 29.8 Å². The maximum Gasteiger partial charge on any atom is 0.273 e. The van der Waals surface area contributed by atoms with Crippen molar-refractivity contribution in [2.24, 2.45) is 5.41 Å². The number of carbonyl (C=O) groups excluding carboxylic acids is 2. The monoisotopic (exact) mass is 252 g/mol. The van der Waals surface area contributed by atoms with Gasteiger partial charge < -0.3 is 9.84 Å². The van der Waals surface area contributed by atoms with Crippen LogP contribution in [0, 0.1) is 5.41 Å². The first kappa shape index (κ1) is 14.4. The van der Waals surface area contributed by atoms with Crippen LogP contribution in [0.25, 0.3) is 0 Å². The highest BCUT2D eigenvalue weighted by molar-refractivity contribution is 5.96. The quantitative estimate of drug-likeness (QED) is 0.891. The molecular weight excluding hydrogens is 232 g/mol. The van der Waals surface area contributed by atoms with E-state index in [1.54, 1.807) is 6.07 Å². The largest absolute Gasteiger partial charge is 0.360 e. The van der Waals surface area contributed by atoms with Gasteiger partial charge in [0.15, 0.2) is 11.5 Å². The van der Waals surface area contributed by atoms with Gasteiger partial charge in [0.05, 0.1) is 6.54 Å². The van der Waals surface area contributed by atoms with Gasteiger partial charge in [-0.2, -0.15) is 0 Å². The van der Waals surface area contributed by atoms with Crippen molar-refractivity contribution in [1.82, 2.24) is 10.5 Å². The van der Waals surface area contributed by atoms with Gasteiger partial charge in [0, 0.05) is 17.4 Å². The molecule has 0 bridgehead atoms. The maximum atomic E-state index is 11.7. The zero-order valence-corrected chi connectivity index (χ0v) is 11.5. The standard InChI is InChI=1S/C13H20N2O3/c1-8(2)10-6-9(15-18-10)12(17)14-7-11(16)13(3,4)5/h6,8H,7H2,1-5H3,(H,14,17). The van der Waals surface area contributed by atoms with Gasteiger partial charge in [0.1, 0.15) is 5.76 Å². The molecule has 1 aromatic rings. The van der Waals surface area contributed by atoms with Crippen molar-refractivity contribution in [3.05, 3.63) is 17.5 Å². The third kappa shape index (κ3) is 3.68. The third-order valence-electron chi connectivity index (χ3n) is 2.58. The average molecular weight is 252 g/mol. The lowest BCUT2D eigenvalue weighted by Crippen LogP contribution is -2.35. The Morgan fingerprint density at radius 1 is 1.39 bits per heavy atom. The van der Waals surface area contributed by atoms with Gasteiger partial charge in [0.2, 0.25) is 0 Å². The topological polar surface area (TPSA) is 72.2 Å². The van der Waals surface area contributed by atoms with Crippen LogP contribution in [0.5, 0.6) is 0 Å². The van der Waals surface area contributed by atoms with Crippen molar-refractivity contribution >= 4 is 11.7 Å². The van der Waals surface area contributed by atoms with Crippen LogP contribution in [0.1, 0.15) is 56.8 Å². The van der Waals surface area contributed by atoms with E-state index in [1.165, 1.54) is 0 Å². The van der Waals surface area contributed by atoms with Crippen molar-refractivity contribution in [1.29, 1.82) is 0 Å². The number of ketones is 1. The van der Waals surface area contributed by atoms with Crippen LogP contribution >= 0.6 is 0 Å². The smallest absolute Gasteiger partial charge is 0.273 e. The normalized spacial score (nSPS) is 11.7. The summed E-state index contributed by atoms with van der Waals surface area (Å²) in [5.74, 6) is 0.421. The van der Waals surface area contributed by atoms with Crippen LogP contribution in [-0.2, 0) is 4.79 Å². The molecule has 0 atom stereocenters. The van der Waals surface area contributed by atoms with Crippen LogP contribution in [0.4, 0.5) is 0 Å². The second kappa shape index (κ2) is 5.33. The van der Waals surface area contributed by atoms with Crippen LogP contribution < -0.4 is 5.32 Å². The summed E-state index contributed by atoms with van der Waals surface area (Å²) >= 11 is 0. The second-order valence-corrected chi connectivity index (χ2v) is 5.63. The lowest BCUT2D eigenvalue weighted by Gasteiger charge is -2.16. The fourth-order valence-electron chi connectivity index (χ4n) is 1.18. The highest BCUT2D eigenvalue weighted by Gasteiger charge is 2.22. The first-order valence-corrected chi connectivity index (χ1v) is 6.00. The predicted octanol–water partition coefficient (Wildman–Crippen LogP) is 2.14. The number of hydrogen-bond donors (Lipinski definition) is 1. The van der Waals surface area contributed by atoms with Gasteiger partial charge >= 0.3 is 0 Å². The van der Waals surface area contributed by atoms with E-state index in [0.29, 0.717) is 5.76 Å². The van der Waals surface area contributed by atoms with Gasteiger partial charge in [-0.15, -0.1) is 0 Å². The fraction of sp³-hybridized carbons (Fsp3) is 0.615. The molecule has 1 N–H and O–H groups in total. The average Bonchev–Trinajstić information content (AvgIpc) is 2.73. The molecule has 0 aliphatic carbocycles. The number of aromatic nitrogens is 1.